The van der Waals surface area contributed by atoms with Crippen molar-refractivity contribution >= 4 is 21.7 Å². The van der Waals surface area contributed by atoms with E-state index in [1.165, 1.54) is 11.2 Å². The third-order valence-electron chi connectivity index (χ3n) is 3.42. The van der Waals surface area contributed by atoms with Gasteiger partial charge in [0.2, 0.25) is 5.91 Å². The zero-order valence-electron chi connectivity index (χ0n) is 15.3. The molecule has 25 heavy (non-hydrogen) atoms. The number of likely N-dealkylation sites (N-methyl/N-ethyl adjacent to an activating group) is 1. The number of nitrogens with one attached hydrogen (secondary N) is 2. The van der Waals surface area contributed by atoms with Crippen molar-refractivity contribution in [3.05, 3.63) is 24.2 Å². The zero-order valence-corrected chi connectivity index (χ0v) is 16.1. The van der Waals surface area contributed by atoms with Crippen LogP contribution in [0.15, 0.2) is 27.8 Å². The summed E-state index contributed by atoms with van der Waals surface area (Å²) in [5, 5.41) is 6.28. The Morgan fingerprint density at radius 2 is 2.12 bits per heavy atom. The minimum Gasteiger partial charge on any atom is -0.469 e. The van der Waals surface area contributed by atoms with E-state index < -0.39 is 9.84 Å². The van der Waals surface area contributed by atoms with Crippen LogP contribution in [-0.4, -0.2) is 70.4 Å². The zero-order chi connectivity index (χ0) is 18.9. The van der Waals surface area contributed by atoms with Gasteiger partial charge >= 0.3 is 0 Å². The number of hydrogen-bond donors (Lipinski definition) is 2. The van der Waals surface area contributed by atoms with Gasteiger partial charge < -0.3 is 20.0 Å². The number of rotatable bonds is 9. The van der Waals surface area contributed by atoms with Gasteiger partial charge in [0.25, 0.3) is 0 Å². The van der Waals surface area contributed by atoms with E-state index >= 15 is 0 Å². The maximum absolute atomic E-state index is 11.7. The summed E-state index contributed by atoms with van der Waals surface area (Å²) in [5.41, 5.74) is 0. The van der Waals surface area contributed by atoms with Crippen molar-refractivity contribution < 1.29 is 17.6 Å². The standard InChI is InChI=1S/C16H28N4O4S/c1-13(8-11-25(4,22)23)19-16(18-12-15(21)20(2)3)17-9-7-14-6-5-10-24-14/h5-6,10,13H,7-9,11-12H2,1-4H3,(H2,17,18,19). The Morgan fingerprint density at radius 1 is 1.40 bits per heavy atom. The van der Waals surface area contributed by atoms with Crippen LogP contribution >= 0.6 is 0 Å². The normalized spacial score (nSPS) is 13.4. The van der Waals surface area contributed by atoms with Crippen LogP contribution < -0.4 is 10.6 Å². The molecule has 1 heterocycles. The van der Waals surface area contributed by atoms with Gasteiger partial charge in [-0.25, -0.2) is 13.4 Å². The Morgan fingerprint density at radius 3 is 2.68 bits per heavy atom. The second-order valence-corrected chi connectivity index (χ2v) is 8.43. The Balaban J connectivity index is 2.59. The molecule has 0 fully saturated rings. The Hall–Kier alpha value is -2.03. The molecule has 8 nitrogen and oxygen atoms in total. The number of carbonyl (C=O) groups excluding carboxylic acids is 1. The quantitative estimate of drug-likeness (QED) is 0.476. The first kappa shape index (κ1) is 21.0. The van der Waals surface area contributed by atoms with E-state index in [1.54, 1.807) is 20.4 Å². The number of sulfone groups is 1. The molecule has 9 heteroatoms. The van der Waals surface area contributed by atoms with E-state index in [4.69, 9.17) is 4.42 Å². The lowest BCUT2D eigenvalue weighted by molar-refractivity contribution is -0.127. The van der Waals surface area contributed by atoms with Crippen LogP contribution in [0, 0.1) is 0 Å². The van der Waals surface area contributed by atoms with Crippen molar-refractivity contribution in [2.45, 2.75) is 25.8 Å². The van der Waals surface area contributed by atoms with E-state index in [2.05, 4.69) is 15.6 Å². The molecule has 0 aliphatic rings. The summed E-state index contributed by atoms with van der Waals surface area (Å²) in [4.78, 5) is 17.5. The second-order valence-electron chi connectivity index (χ2n) is 6.17. The number of guanidine groups is 1. The minimum absolute atomic E-state index is 0.0158. The van der Waals surface area contributed by atoms with Crippen LogP contribution in [0.3, 0.4) is 0 Å². The van der Waals surface area contributed by atoms with Crippen molar-refractivity contribution in [1.29, 1.82) is 0 Å². The lowest BCUT2D eigenvalue weighted by Gasteiger charge is -2.18. The summed E-state index contributed by atoms with van der Waals surface area (Å²) in [6, 6.07) is 3.61. The summed E-state index contributed by atoms with van der Waals surface area (Å²) in [5.74, 6) is 1.30. The number of furan rings is 1. The van der Waals surface area contributed by atoms with E-state index in [1.807, 2.05) is 19.1 Å². The van der Waals surface area contributed by atoms with Gasteiger partial charge in [-0.1, -0.05) is 0 Å². The number of nitrogens with zero attached hydrogens (tertiary/aromatic N) is 2. The van der Waals surface area contributed by atoms with Crippen LogP contribution in [0.1, 0.15) is 19.1 Å². The van der Waals surface area contributed by atoms with Crippen LogP contribution in [0.5, 0.6) is 0 Å². The van der Waals surface area contributed by atoms with Crippen LogP contribution in [0.2, 0.25) is 0 Å². The van der Waals surface area contributed by atoms with Gasteiger partial charge in [0.05, 0.1) is 12.0 Å². The molecule has 142 valence electrons. The predicted molar refractivity (Wildman–Crippen MR) is 98.3 cm³/mol. The van der Waals surface area contributed by atoms with Crippen LogP contribution in [0.4, 0.5) is 0 Å². The molecule has 0 aromatic carbocycles. The fraction of sp³-hybridized carbons (Fsp3) is 0.625. The highest BCUT2D eigenvalue weighted by Gasteiger charge is 2.11. The van der Waals surface area contributed by atoms with Crippen molar-refractivity contribution in [1.82, 2.24) is 15.5 Å². The number of carbonyl (C=O) groups is 1. The molecule has 1 rings (SSSR count). The molecule has 1 aromatic rings. The van der Waals surface area contributed by atoms with E-state index in [0.717, 1.165) is 5.76 Å². The van der Waals surface area contributed by atoms with Gasteiger partial charge in [0, 0.05) is 39.4 Å². The van der Waals surface area contributed by atoms with Gasteiger partial charge in [0.1, 0.15) is 22.1 Å². The Labute approximate surface area is 149 Å². The number of amides is 1. The fourth-order valence-corrected chi connectivity index (χ4v) is 2.68. The first-order valence-electron chi connectivity index (χ1n) is 8.12. The number of hydrogen-bond acceptors (Lipinski definition) is 5. The van der Waals surface area contributed by atoms with Crippen molar-refractivity contribution in [2.75, 3.05) is 39.2 Å². The monoisotopic (exact) mass is 372 g/mol. The molecule has 0 saturated carbocycles. The van der Waals surface area contributed by atoms with Gasteiger partial charge in [-0.2, -0.15) is 0 Å². The topological polar surface area (TPSA) is 104 Å². The lowest BCUT2D eigenvalue weighted by atomic mass is 10.2. The third kappa shape index (κ3) is 9.75. The van der Waals surface area contributed by atoms with Crippen molar-refractivity contribution in [3.8, 4) is 0 Å². The summed E-state index contributed by atoms with van der Waals surface area (Å²) in [6.45, 7) is 2.47. The smallest absolute Gasteiger partial charge is 0.243 e. The highest BCUT2D eigenvalue weighted by molar-refractivity contribution is 7.90. The molecule has 0 aliphatic carbocycles. The summed E-state index contributed by atoms with van der Waals surface area (Å²) in [7, 11) is 0.329. The first-order chi connectivity index (χ1) is 11.7. The number of aliphatic imine (C=N–C) groups is 1. The van der Waals surface area contributed by atoms with Crippen LogP contribution in [-0.2, 0) is 21.1 Å². The molecule has 0 radical (unpaired) electrons. The average Bonchev–Trinajstić information content (AvgIpc) is 3.02. The van der Waals surface area contributed by atoms with Crippen LogP contribution in [0.25, 0.3) is 0 Å². The lowest BCUT2D eigenvalue weighted by Crippen LogP contribution is -2.44. The predicted octanol–water partition coefficient (Wildman–Crippen LogP) is 0.269. The van der Waals surface area contributed by atoms with Crippen molar-refractivity contribution in [2.24, 2.45) is 4.99 Å². The highest BCUT2D eigenvalue weighted by atomic mass is 32.2. The molecule has 1 aromatic heterocycles. The average molecular weight is 372 g/mol. The minimum atomic E-state index is -3.01. The molecule has 0 spiro atoms. The SMILES string of the molecule is CC(CCS(C)(=O)=O)NC(=NCC(=O)N(C)C)NCCc1ccco1. The van der Waals surface area contributed by atoms with Gasteiger partial charge in [-0.05, 0) is 25.5 Å². The molecule has 1 atom stereocenters. The van der Waals surface area contributed by atoms with Crippen molar-refractivity contribution in [3.63, 3.8) is 0 Å². The van der Waals surface area contributed by atoms with E-state index in [0.29, 0.717) is 25.3 Å². The maximum Gasteiger partial charge on any atom is 0.243 e. The Bertz CT molecular complexity index is 654. The fourth-order valence-electron chi connectivity index (χ4n) is 1.90. The van der Waals surface area contributed by atoms with Gasteiger partial charge in [-0.3, -0.25) is 4.79 Å². The molecular formula is C16H28N4O4S. The molecule has 0 aliphatic heterocycles. The van der Waals surface area contributed by atoms with E-state index in [9.17, 15) is 13.2 Å². The van der Waals surface area contributed by atoms with Gasteiger partial charge in [-0.15, -0.1) is 0 Å². The first-order valence-corrected chi connectivity index (χ1v) is 10.2. The molecule has 1 amide bonds. The second kappa shape index (κ2) is 10.1. The Kier molecular flexibility index (Phi) is 8.47. The summed E-state index contributed by atoms with van der Waals surface area (Å²) in [6.07, 6.45) is 3.96. The summed E-state index contributed by atoms with van der Waals surface area (Å²) >= 11 is 0. The molecule has 0 bridgehead atoms. The molecular weight excluding hydrogens is 344 g/mol. The third-order valence-corrected chi connectivity index (χ3v) is 4.40. The molecule has 1 unspecified atom stereocenters. The molecule has 2 N–H and O–H groups in total. The van der Waals surface area contributed by atoms with E-state index in [-0.39, 0.29) is 24.2 Å². The highest BCUT2D eigenvalue weighted by Crippen LogP contribution is 2.00. The van der Waals surface area contributed by atoms with Gasteiger partial charge in [0.15, 0.2) is 5.96 Å². The maximum atomic E-state index is 11.7. The largest absolute Gasteiger partial charge is 0.469 e. The summed E-state index contributed by atoms with van der Waals surface area (Å²) < 4.78 is 27.8. The molecule has 0 saturated heterocycles.